The summed E-state index contributed by atoms with van der Waals surface area (Å²) in [4.78, 5) is 3.82. The van der Waals surface area contributed by atoms with Crippen LogP contribution < -0.4 is 5.32 Å². The van der Waals surface area contributed by atoms with Gasteiger partial charge in [0.25, 0.3) is 0 Å². The molecule has 0 saturated carbocycles. The average molecular weight is 196 g/mol. The number of nitrogens with one attached hydrogen (secondary N) is 1. The van der Waals surface area contributed by atoms with Crippen LogP contribution in [0.3, 0.4) is 0 Å². The van der Waals surface area contributed by atoms with Crippen LogP contribution in [0.2, 0.25) is 0 Å². The molecule has 0 aliphatic rings. The van der Waals surface area contributed by atoms with Gasteiger partial charge in [0.05, 0.1) is 6.20 Å². The molecule has 1 rings (SSSR count). The lowest BCUT2D eigenvalue weighted by Crippen LogP contribution is -2.23. The first-order chi connectivity index (χ1) is 6.59. The van der Waals surface area contributed by atoms with Gasteiger partial charge in [-0.25, -0.2) is 4.39 Å². The highest BCUT2D eigenvalue weighted by Crippen LogP contribution is 2.11. The standard InChI is InChI=1S/C11H17FN2/c1-8(2)5-14-9(3)10-4-11(12)7-13-6-10/h4,6-9,14H,5H2,1-3H3. The maximum absolute atomic E-state index is 12.8. The molecule has 0 saturated heterocycles. The highest BCUT2D eigenvalue weighted by Gasteiger charge is 2.06. The summed E-state index contributed by atoms with van der Waals surface area (Å²) in [7, 11) is 0. The van der Waals surface area contributed by atoms with Crippen LogP contribution in [-0.2, 0) is 0 Å². The summed E-state index contributed by atoms with van der Waals surface area (Å²) in [6.45, 7) is 7.23. The van der Waals surface area contributed by atoms with Crippen molar-refractivity contribution in [3.8, 4) is 0 Å². The third-order valence-corrected chi connectivity index (χ3v) is 2.06. The third-order valence-electron chi connectivity index (χ3n) is 2.06. The van der Waals surface area contributed by atoms with Gasteiger partial charge >= 0.3 is 0 Å². The fourth-order valence-electron chi connectivity index (χ4n) is 1.20. The van der Waals surface area contributed by atoms with Crippen LogP contribution in [0.1, 0.15) is 32.4 Å². The summed E-state index contributed by atoms with van der Waals surface area (Å²) in [5.74, 6) is 0.319. The zero-order valence-corrected chi connectivity index (χ0v) is 8.92. The van der Waals surface area contributed by atoms with Crippen LogP contribution in [0.4, 0.5) is 4.39 Å². The first kappa shape index (κ1) is 11.1. The predicted molar refractivity (Wildman–Crippen MR) is 55.5 cm³/mol. The molecule has 0 aliphatic carbocycles. The van der Waals surface area contributed by atoms with E-state index in [1.165, 1.54) is 12.3 Å². The molecular weight excluding hydrogens is 179 g/mol. The Labute approximate surface area is 84.6 Å². The molecule has 0 spiro atoms. The number of rotatable bonds is 4. The molecule has 0 aliphatic heterocycles. The van der Waals surface area contributed by atoms with Crippen LogP contribution in [0.15, 0.2) is 18.5 Å². The summed E-state index contributed by atoms with van der Waals surface area (Å²) >= 11 is 0. The lowest BCUT2D eigenvalue weighted by molar-refractivity contribution is 0.493. The lowest BCUT2D eigenvalue weighted by Gasteiger charge is -2.15. The van der Waals surface area contributed by atoms with E-state index in [9.17, 15) is 4.39 Å². The Kier molecular flexibility index (Phi) is 4.01. The van der Waals surface area contributed by atoms with Crippen molar-refractivity contribution >= 4 is 0 Å². The molecule has 0 bridgehead atoms. The molecule has 1 atom stereocenters. The minimum absolute atomic E-state index is 0.153. The van der Waals surface area contributed by atoms with Gasteiger partial charge in [-0.2, -0.15) is 0 Å². The zero-order chi connectivity index (χ0) is 10.6. The summed E-state index contributed by atoms with van der Waals surface area (Å²) in [6.07, 6.45) is 2.92. The molecule has 14 heavy (non-hydrogen) atoms. The molecule has 1 N–H and O–H groups in total. The minimum Gasteiger partial charge on any atom is -0.310 e. The Morgan fingerprint density at radius 2 is 2.07 bits per heavy atom. The topological polar surface area (TPSA) is 24.9 Å². The largest absolute Gasteiger partial charge is 0.310 e. The van der Waals surface area contributed by atoms with E-state index >= 15 is 0 Å². The van der Waals surface area contributed by atoms with Gasteiger partial charge in [0.2, 0.25) is 0 Å². The van der Waals surface area contributed by atoms with E-state index in [4.69, 9.17) is 0 Å². The number of nitrogens with zero attached hydrogens (tertiary/aromatic N) is 1. The third kappa shape index (κ3) is 3.42. The van der Waals surface area contributed by atoms with Crippen LogP contribution in [0.25, 0.3) is 0 Å². The second-order valence-electron chi connectivity index (χ2n) is 3.96. The predicted octanol–water partition coefficient (Wildman–Crippen LogP) is 2.53. The number of aromatic nitrogens is 1. The van der Waals surface area contributed by atoms with Crippen molar-refractivity contribution in [3.63, 3.8) is 0 Å². The van der Waals surface area contributed by atoms with Crippen LogP contribution in [0.5, 0.6) is 0 Å². The van der Waals surface area contributed by atoms with E-state index in [1.807, 2.05) is 6.92 Å². The molecule has 1 unspecified atom stereocenters. The quantitative estimate of drug-likeness (QED) is 0.800. The summed E-state index contributed by atoms with van der Waals surface area (Å²) in [5.41, 5.74) is 0.894. The minimum atomic E-state index is -0.277. The van der Waals surface area contributed by atoms with Gasteiger partial charge in [0, 0.05) is 12.2 Å². The first-order valence-corrected chi connectivity index (χ1v) is 4.93. The van der Waals surface area contributed by atoms with E-state index in [1.54, 1.807) is 6.20 Å². The van der Waals surface area contributed by atoms with E-state index < -0.39 is 0 Å². The van der Waals surface area contributed by atoms with Gasteiger partial charge in [0.15, 0.2) is 0 Å². The highest BCUT2D eigenvalue weighted by atomic mass is 19.1. The van der Waals surface area contributed by atoms with Crippen molar-refractivity contribution in [3.05, 3.63) is 29.8 Å². The van der Waals surface area contributed by atoms with Crippen molar-refractivity contribution in [1.82, 2.24) is 10.3 Å². The SMILES string of the molecule is CC(C)CNC(C)c1cncc(F)c1. The second-order valence-corrected chi connectivity index (χ2v) is 3.96. The Morgan fingerprint density at radius 1 is 1.36 bits per heavy atom. The van der Waals surface area contributed by atoms with Crippen molar-refractivity contribution in [2.45, 2.75) is 26.8 Å². The van der Waals surface area contributed by atoms with Gasteiger partial charge in [-0.1, -0.05) is 13.8 Å². The van der Waals surface area contributed by atoms with Gasteiger partial charge in [-0.3, -0.25) is 4.98 Å². The van der Waals surface area contributed by atoms with Crippen LogP contribution >= 0.6 is 0 Å². The Balaban J connectivity index is 2.56. The molecule has 1 aromatic heterocycles. The lowest BCUT2D eigenvalue weighted by atomic mass is 10.1. The maximum atomic E-state index is 12.8. The average Bonchev–Trinajstić information content (AvgIpc) is 2.14. The molecule has 1 aromatic rings. The molecule has 2 nitrogen and oxygen atoms in total. The maximum Gasteiger partial charge on any atom is 0.141 e. The Hall–Kier alpha value is -0.960. The van der Waals surface area contributed by atoms with Gasteiger partial charge < -0.3 is 5.32 Å². The summed E-state index contributed by atoms with van der Waals surface area (Å²) < 4.78 is 12.8. The fourth-order valence-corrected chi connectivity index (χ4v) is 1.20. The molecule has 78 valence electrons. The number of hydrogen-bond acceptors (Lipinski definition) is 2. The van der Waals surface area contributed by atoms with Crippen LogP contribution in [0, 0.1) is 11.7 Å². The van der Waals surface area contributed by atoms with Crippen molar-refractivity contribution < 1.29 is 4.39 Å². The summed E-state index contributed by atoms with van der Waals surface area (Å²) in [6, 6.07) is 1.67. The zero-order valence-electron chi connectivity index (χ0n) is 8.92. The Morgan fingerprint density at radius 3 is 2.64 bits per heavy atom. The van der Waals surface area contributed by atoms with Gasteiger partial charge in [-0.15, -0.1) is 0 Å². The normalized spacial score (nSPS) is 13.2. The van der Waals surface area contributed by atoms with Crippen molar-refractivity contribution in [2.24, 2.45) is 5.92 Å². The van der Waals surface area contributed by atoms with Gasteiger partial charge in [0.1, 0.15) is 5.82 Å². The molecule has 3 heteroatoms. The van der Waals surface area contributed by atoms with E-state index in [-0.39, 0.29) is 11.9 Å². The van der Waals surface area contributed by atoms with Crippen LogP contribution in [-0.4, -0.2) is 11.5 Å². The first-order valence-electron chi connectivity index (χ1n) is 4.93. The number of pyridine rings is 1. The van der Waals surface area contributed by atoms with Crippen molar-refractivity contribution in [1.29, 1.82) is 0 Å². The molecule has 0 aromatic carbocycles. The second kappa shape index (κ2) is 5.05. The Bertz CT molecular complexity index is 286. The fraction of sp³-hybridized carbons (Fsp3) is 0.545. The molecule has 0 amide bonds. The molecule has 0 fully saturated rings. The monoisotopic (exact) mass is 196 g/mol. The molecular formula is C11H17FN2. The summed E-state index contributed by atoms with van der Waals surface area (Å²) in [5, 5.41) is 3.32. The molecule has 1 heterocycles. The van der Waals surface area contributed by atoms with E-state index in [2.05, 4.69) is 24.1 Å². The smallest absolute Gasteiger partial charge is 0.141 e. The van der Waals surface area contributed by atoms with E-state index in [0.29, 0.717) is 5.92 Å². The highest BCUT2D eigenvalue weighted by molar-refractivity contribution is 5.14. The number of halogens is 1. The van der Waals surface area contributed by atoms with E-state index in [0.717, 1.165) is 12.1 Å². The number of hydrogen-bond donors (Lipinski definition) is 1. The van der Waals surface area contributed by atoms with Gasteiger partial charge in [-0.05, 0) is 31.0 Å². The van der Waals surface area contributed by atoms with Crippen molar-refractivity contribution in [2.75, 3.05) is 6.54 Å². The molecule has 0 radical (unpaired) electrons.